The predicted molar refractivity (Wildman–Crippen MR) is 131 cm³/mol. The molecular weight excluding hydrogens is 510 g/mol. The van der Waals surface area contributed by atoms with E-state index in [1.165, 1.54) is 23.8 Å². The summed E-state index contributed by atoms with van der Waals surface area (Å²) in [7, 11) is 3.12. The number of rotatable bonds is 4. The lowest BCUT2D eigenvalue weighted by Gasteiger charge is -2.26. The summed E-state index contributed by atoms with van der Waals surface area (Å²) in [6.45, 7) is 2.21. The fourth-order valence-corrected chi connectivity index (χ4v) is 4.85. The van der Waals surface area contributed by atoms with Crippen molar-refractivity contribution >= 4 is 56.4 Å². The van der Waals surface area contributed by atoms with Gasteiger partial charge >= 0.3 is 0 Å². The van der Waals surface area contributed by atoms with Crippen molar-refractivity contribution in [2.24, 2.45) is 4.99 Å². The zero-order valence-corrected chi connectivity index (χ0v) is 20.5. The van der Waals surface area contributed by atoms with Gasteiger partial charge in [0, 0.05) is 25.7 Å². The minimum Gasteiger partial charge on any atom is -0.503 e. The number of aliphatic imine (C=N–C) groups is 1. The Morgan fingerprint density at radius 3 is 2.76 bits per heavy atom. The number of hydrogen-bond donors (Lipinski definition) is 1. The van der Waals surface area contributed by atoms with Gasteiger partial charge in [-0.25, -0.2) is 4.99 Å². The molecule has 8 nitrogen and oxygen atoms in total. The molecule has 0 atom stereocenters. The number of amides is 2. The van der Waals surface area contributed by atoms with Crippen LogP contribution in [-0.2, 0) is 9.53 Å². The molecule has 0 spiro atoms. The molecule has 0 aliphatic carbocycles. The third kappa shape index (κ3) is 5.07. The molecule has 0 aromatic heterocycles. The number of methoxy groups -OCH3 is 1. The molecule has 0 unspecified atom stereocenters. The van der Waals surface area contributed by atoms with Crippen molar-refractivity contribution < 1.29 is 24.2 Å². The van der Waals surface area contributed by atoms with Crippen LogP contribution in [0.25, 0.3) is 6.08 Å². The summed E-state index contributed by atoms with van der Waals surface area (Å²) < 4.78 is 11.0. The summed E-state index contributed by atoms with van der Waals surface area (Å²) in [6, 6.07) is 10.4. The van der Waals surface area contributed by atoms with Gasteiger partial charge in [0.15, 0.2) is 16.7 Å². The first-order valence-electron chi connectivity index (χ1n) is 10.2. The van der Waals surface area contributed by atoms with Crippen molar-refractivity contribution in [1.29, 1.82) is 0 Å². The van der Waals surface area contributed by atoms with Crippen LogP contribution >= 0.6 is 27.7 Å². The number of carbonyl (C=O) groups excluding carboxylic acids is 2. The number of ether oxygens (including phenoxy) is 2. The molecule has 2 fully saturated rings. The molecule has 33 heavy (non-hydrogen) atoms. The second-order valence-corrected chi connectivity index (χ2v) is 9.24. The Morgan fingerprint density at radius 2 is 2.03 bits per heavy atom. The number of likely N-dealkylation sites (N-methyl/N-ethyl adjacent to an activating group) is 1. The Balaban J connectivity index is 1.58. The van der Waals surface area contributed by atoms with E-state index in [1.54, 1.807) is 54.4 Å². The number of amidine groups is 1. The summed E-state index contributed by atoms with van der Waals surface area (Å²) in [5.74, 6) is 0.0466. The van der Waals surface area contributed by atoms with E-state index >= 15 is 0 Å². The molecule has 2 heterocycles. The Labute approximate surface area is 204 Å². The van der Waals surface area contributed by atoms with Crippen LogP contribution in [0.5, 0.6) is 11.5 Å². The van der Waals surface area contributed by atoms with Crippen LogP contribution in [0.15, 0.2) is 50.8 Å². The van der Waals surface area contributed by atoms with Gasteiger partial charge < -0.3 is 19.5 Å². The molecule has 0 saturated carbocycles. The van der Waals surface area contributed by atoms with E-state index in [2.05, 4.69) is 20.9 Å². The molecule has 2 aromatic rings. The van der Waals surface area contributed by atoms with Crippen molar-refractivity contribution in [3.63, 3.8) is 0 Å². The predicted octanol–water partition coefficient (Wildman–Crippen LogP) is 3.87. The molecule has 10 heteroatoms. The lowest BCUT2D eigenvalue weighted by atomic mass is 10.1. The molecule has 4 rings (SSSR count). The maximum atomic E-state index is 12.8. The zero-order valence-electron chi connectivity index (χ0n) is 18.1. The quantitative estimate of drug-likeness (QED) is 0.602. The van der Waals surface area contributed by atoms with Crippen molar-refractivity contribution in [2.75, 3.05) is 40.5 Å². The van der Waals surface area contributed by atoms with Gasteiger partial charge in [0.1, 0.15) is 0 Å². The number of carbonyl (C=O) groups is 2. The third-order valence-corrected chi connectivity index (χ3v) is 6.85. The van der Waals surface area contributed by atoms with Gasteiger partial charge in [-0.2, -0.15) is 0 Å². The Morgan fingerprint density at radius 1 is 1.27 bits per heavy atom. The number of halogens is 1. The molecule has 0 radical (unpaired) electrons. The summed E-state index contributed by atoms with van der Waals surface area (Å²) in [6.07, 6.45) is 1.72. The molecule has 172 valence electrons. The van der Waals surface area contributed by atoms with Crippen molar-refractivity contribution in [3.05, 3.63) is 56.9 Å². The average Bonchev–Trinajstić information content (AvgIpc) is 3.09. The van der Waals surface area contributed by atoms with Crippen LogP contribution in [0.3, 0.4) is 0 Å². The van der Waals surface area contributed by atoms with Gasteiger partial charge in [0.25, 0.3) is 11.8 Å². The van der Waals surface area contributed by atoms with Gasteiger partial charge in [-0.05, 0) is 69.7 Å². The molecule has 2 saturated heterocycles. The van der Waals surface area contributed by atoms with E-state index in [0.29, 0.717) is 63.4 Å². The van der Waals surface area contributed by atoms with Crippen LogP contribution in [0.2, 0.25) is 0 Å². The van der Waals surface area contributed by atoms with Gasteiger partial charge in [-0.3, -0.25) is 14.5 Å². The first-order valence-corrected chi connectivity index (χ1v) is 11.8. The molecule has 0 bridgehead atoms. The van der Waals surface area contributed by atoms with Crippen LogP contribution < -0.4 is 4.74 Å². The van der Waals surface area contributed by atoms with Gasteiger partial charge in [0.2, 0.25) is 0 Å². The van der Waals surface area contributed by atoms with Crippen LogP contribution in [0.4, 0.5) is 5.69 Å². The average molecular weight is 532 g/mol. The topological polar surface area (TPSA) is 91.7 Å². The van der Waals surface area contributed by atoms with E-state index in [0.717, 1.165) is 0 Å². The minimum absolute atomic E-state index is 0.00377. The molecule has 2 aliphatic rings. The number of aromatic hydroxyl groups is 1. The first-order chi connectivity index (χ1) is 15.9. The SMILES string of the molecule is COc1cc(/C=C2/SC(=Nc3cccc(C(=O)N4CCOCC4)c3)N(C)C2=O)cc(Br)c1O. The van der Waals surface area contributed by atoms with Crippen LogP contribution in [-0.4, -0.2) is 72.3 Å². The van der Waals surface area contributed by atoms with Crippen LogP contribution in [0.1, 0.15) is 15.9 Å². The number of phenolic OH excluding ortho intramolecular Hbond substituents is 1. The largest absolute Gasteiger partial charge is 0.503 e. The molecule has 2 aliphatic heterocycles. The smallest absolute Gasteiger partial charge is 0.266 e. The van der Waals surface area contributed by atoms with Crippen molar-refractivity contribution in [2.45, 2.75) is 0 Å². The third-order valence-electron chi connectivity index (χ3n) is 5.19. The number of thioether (sulfide) groups is 1. The second-order valence-electron chi connectivity index (χ2n) is 7.38. The minimum atomic E-state index is -0.192. The zero-order chi connectivity index (χ0) is 23.5. The maximum Gasteiger partial charge on any atom is 0.266 e. The lowest BCUT2D eigenvalue weighted by Crippen LogP contribution is -2.40. The van der Waals surface area contributed by atoms with Gasteiger partial charge in [0.05, 0.1) is 35.4 Å². The Bertz CT molecular complexity index is 1160. The highest BCUT2D eigenvalue weighted by Gasteiger charge is 2.30. The molecular formula is C23H22BrN3O5S. The number of benzene rings is 2. The normalized spacial score (nSPS) is 18.9. The van der Waals surface area contributed by atoms with E-state index < -0.39 is 0 Å². The van der Waals surface area contributed by atoms with Crippen LogP contribution in [0, 0.1) is 0 Å². The Hall–Kier alpha value is -2.82. The highest BCUT2D eigenvalue weighted by atomic mass is 79.9. The summed E-state index contributed by atoms with van der Waals surface area (Å²) in [5.41, 5.74) is 1.83. The highest BCUT2D eigenvalue weighted by molar-refractivity contribution is 9.10. The van der Waals surface area contributed by atoms with E-state index in [4.69, 9.17) is 9.47 Å². The molecule has 1 N–H and O–H groups in total. The fourth-order valence-electron chi connectivity index (χ4n) is 3.40. The van der Waals surface area contributed by atoms with Crippen molar-refractivity contribution in [1.82, 2.24) is 9.80 Å². The molecule has 2 aromatic carbocycles. The van der Waals surface area contributed by atoms with Gasteiger partial charge in [-0.1, -0.05) is 6.07 Å². The second kappa shape index (κ2) is 9.98. The maximum absolute atomic E-state index is 12.8. The number of phenols is 1. The first kappa shape index (κ1) is 23.3. The lowest BCUT2D eigenvalue weighted by molar-refractivity contribution is -0.121. The summed E-state index contributed by atoms with van der Waals surface area (Å²) in [5, 5.41) is 10.5. The number of nitrogens with zero attached hydrogens (tertiary/aromatic N) is 3. The number of hydrogen-bond acceptors (Lipinski definition) is 7. The fraction of sp³-hybridized carbons (Fsp3) is 0.261. The van der Waals surface area contributed by atoms with Crippen molar-refractivity contribution in [3.8, 4) is 11.5 Å². The highest BCUT2D eigenvalue weighted by Crippen LogP contribution is 2.38. The van der Waals surface area contributed by atoms with E-state index in [9.17, 15) is 14.7 Å². The Kier molecular flexibility index (Phi) is 7.06. The van der Waals surface area contributed by atoms with E-state index in [1.807, 2.05) is 0 Å². The summed E-state index contributed by atoms with van der Waals surface area (Å²) >= 11 is 4.53. The molecule has 2 amide bonds. The summed E-state index contributed by atoms with van der Waals surface area (Å²) in [4.78, 5) is 33.9. The number of morpholine rings is 1. The monoisotopic (exact) mass is 531 g/mol. The van der Waals surface area contributed by atoms with Gasteiger partial charge in [-0.15, -0.1) is 0 Å². The van der Waals surface area contributed by atoms with E-state index in [-0.39, 0.29) is 17.6 Å². The standard InChI is InChI=1S/C23H22BrN3O5S/c1-26-22(30)19(12-14-10-17(24)20(28)18(11-14)31-2)33-23(26)25-16-5-3-4-15(13-16)21(29)27-6-8-32-9-7-27/h3-5,10-13,28H,6-9H2,1-2H3/b19-12+,25-23?.